The van der Waals surface area contributed by atoms with Crippen LogP contribution in [0.2, 0.25) is 0 Å². The molecule has 0 fully saturated rings. The predicted octanol–water partition coefficient (Wildman–Crippen LogP) is 3.35. The highest BCUT2D eigenvalue weighted by Gasteiger charge is 2.17. The van der Waals surface area contributed by atoms with Gasteiger partial charge < -0.3 is 14.3 Å². The van der Waals surface area contributed by atoms with E-state index < -0.39 is 17.7 Å². The summed E-state index contributed by atoms with van der Waals surface area (Å²) in [6, 6.07) is 7.08. The molecule has 6 heteroatoms. The molecule has 1 aromatic heterocycles. The normalized spacial score (nSPS) is 13.0. The van der Waals surface area contributed by atoms with Crippen molar-refractivity contribution in [3.05, 3.63) is 59.6 Å². The van der Waals surface area contributed by atoms with Crippen LogP contribution in [-0.2, 0) is 17.8 Å². The van der Waals surface area contributed by atoms with Crippen LogP contribution in [-0.4, -0.2) is 35.4 Å². The van der Waals surface area contributed by atoms with Crippen LogP contribution < -0.4 is 0 Å². The lowest BCUT2D eigenvalue weighted by Crippen LogP contribution is -2.35. The maximum Gasteiger partial charge on any atom is 0.130 e. The van der Waals surface area contributed by atoms with E-state index in [-0.39, 0.29) is 25.8 Å². The molecule has 0 aliphatic heterocycles. The van der Waals surface area contributed by atoms with Gasteiger partial charge >= 0.3 is 0 Å². The Labute approximate surface area is 140 Å². The fourth-order valence-electron chi connectivity index (χ4n) is 2.35. The number of ether oxygens (including phenoxy) is 1. The smallest absolute Gasteiger partial charge is 0.130 e. The molecule has 0 bridgehead atoms. The van der Waals surface area contributed by atoms with Crippen LogP contribution in [0.5, 0.6) is 0 Å². The van der Waals surface area contributed by atoms with Crippen molar-refractivity contribution < 1.29 is 23.0 Å². The van der Waals surface area contributed by atoms with Crippen LogP contribution in [0.15, 0.2) is 41.0 Å². The van der Waals surface area contributed by atoms with Crippen LogP contribution in [0.3, 0.4) is 0 Å². The molecule has 2 aromatic rings. The molecule has 132 valence electrons. The summed E-state index contributed by atoms with van der Waals surface area (Å²) in [6.07, 6.45) is 0.864. The van der Waals surface area contributed by atoms with E-state index in [4.69, 9.17) is 9.15 Å². The lowest BCUT2D eigenvalue weighted by Gasteiger charge is -2.25. The zero-order valence-electron chi connectivity index (χ0n) is 13.9. The van der Waals surface area contributed by atoms with Crippen molar-refractivity contribution in [3.8, 4) is 0 Å². The third-order valence-corrected chi connectivity index (χ3v) is 3.46. The van der Waals surface area contributed by atoms with Gasteiger partial charge in [-0.2, -0.15) is 0 Å². The summed E-state index contributed by atoms with van der Waals surface area (Å²) in [5, 5.41) is 10.1. The second-order valence-electron chi connectivity index (χ2n) is 6.02. The van der Waals surface area contributed by atoms with Gasteiger partial charge in [0, 0.05) is 24.7 Å². The molecule has 1 heterocycles. The Morgan fingerprint density at radius 3 is 2.62 bits per heavy atom. The summed E-state index contributed by atoms with van der Waals surface area (Å²) < 4.78 is 37.7. The first-order chi connectivity index (χ1) is 11.4. The largest absolute Gasteiger partial charge is 0.468 e. The molecule has 1 N–H and O–H groups in total. The fraction of sp³-hybridized carbons (Fsp3) is 0.444. The second-order valence-corrected chi connectivity index (χ2v) is 6.02. The first kappa shape index (κ1) is 18.6. The SMILES string of the molecule is CC(C)OC[C@H](O)CN(Cc1ccco1)Cc1ccc(F)cc1F. The summed E-state index contributed by atoms with van der Waals surface area (Å²) >= 11 is 0. The van der Waals surface area contributed by atoms with Crippen LogP contribution in [0.4, 0.5) is 8.78 Å². The fourth-order valence-corrected chi connectivity index (χ4v) is 2.35. The Kier molecular flexibility index (Phi) is 6.90. The van der Waals surface area contributed by atoms with Crippen molar-refractivity contribution in [3.63, 3.8) is 0 Å². The first-order valence-corrected chi connectivity index (χ1v) is 7.92. The number of hydrogen-bond acceptors (Lipinski definition) is 4. The molecule has 24 heavy (non-hydrogen) atoms. The molecule has 0 saturated heterocycles. The molecule has 0 radical (unpaired) electrons. The van der Waals surface area contributed by atoms with Gasteiger partial charge in [-0.15, -0.1) is 0 Å². The van der Waals surface area contributed by atoms with E-state index in [1.54, 1.807) is 12.3 Å². The van der Waals surface area contributed by atoms with Crippen LogP contribution in [0, 0.1) is 11.6 Å². The van der Waals surface area contributed by atoms with Gasteiger partial charge in [-0.3, -0.25) is 4.90 Å². The Hall–Kier alpha value is -1.76. The van der Waals surface area contributed by atoms with E-state index >= 15 is 0 Å². The molecule has 2 rings (SSSR count). The molecular formula is C18H23F2NO3. The molecule has 1 atom stereocenters. The number of aliphatic hydroxyl groups excluding tert-OH is 1. The Balaban J connectivity index is 2.04. The molecule has 0 spiro atoms. The van der Waals surface area contributed by atoms with E-state index in [0.29, 0.717) is 17.9 Å². The highest BCUT2D eigenvalue weighted by atomic mass is 19.1. The third-order valence-electron chi connectivity index (χ3n) is 3.46. The van der Waals surface area contributed by atoms with E-state index in [9.17, 15) is 13.9 Å². The topological polar surface area (TPSA) is 45.8 Å². The van der Waals surface area contributed by atoms with E-state index in [1.165, 1.54) is 12.1 Å². The first-order valence-electron chi connectivity index (χ1n) is 7.92. The zero-order valence-corrected chi connectivity index (χ0v) is 13.9. The van der Waals surface area contributed by atoms with Crippen LogP contribution in [0.1, 0.15) is 25.2 Å². The van der Waals surface area contributed by atoms with Gasteiger partial charge in [-0.1, -0.05) is 6.07 Å². The average molecular weight is 339 g/mol. The highest BCUT2D eigenvalue weighted by Crippen LogP contribution is 2.15. The summed E-state index contributed by atoms with van der Waals surface area (Å²) in [4.78, 5) is 1.84. The monoisotopic (exact) mass is 339 g/mol. The molecule has 0 amide bonds. The molecule has 4 nitrogen and oxygen atoms in total. The molecule has 0 saturated carbocycles. The number of aliphatic hydroxyl groups is 1. The van der Waals surface area contributed by atoms with Gasteiger partial charge in [-0.05, 0) is 32.0 Å². The maximum atomic E-state index is 13.9. The van der Waals surface area contributed by atoms with Crippen molar-refractivity contribution in [2.75, 3.05) is 13.2 Å². The molecule has 0 unspecified atom stereocenters. The minimum Gasteiger partial charge on any atom is -0.468 e. The minimum absolute atomic E-state index is 0.0210. The van der Waals surface area contributed by atoms with Crippen molar-refractivity contribution >= 4 is 0 Å². The quantitative estimate of drug-likeness (QED) is 0.761. The Morgan fingerprint density at radius 1 is 1.21 bits per heavy atom. The number of rotatable bonds is 9. The van der Waals surface area contributed by atoms with Gasteiger partial charge in [0.2, 0.25) is 0 Å². The van der Waals surface area contributed by atoms with Crippen molar-refractivity contribution in [1.82, 2.24) is 4.90 Å². The van der Waals surface area contributed by atoms with Gasteiger partial charge in [0.1, 0.15) is 17.4 Å². The van der Waals surface area contributed by atoms with Crippen molar-refractivity contribution in [2.24, 2.45) is 0 Å². The molecular weight excluding hydrogens is 316 g/mol. The van der Waals surface area contributed by atoms with Gasteiger partial charge in [-0.25, -0.2) is 8.78 Å². The molecule has 0 aliphatic carbocycles. The predicted molar refractivity (Wildman–Crippen MR) is 86.3 cm³/mol. The number of furan rings is 1. The van der Waals surface area contributed by atoms with Gasteiger partial charge in [0.15, 0.2) is 0 Å². The number of halogens is 2. The van der Waals surface area contributed by atoms with Gasteiger partial charge in [0.25, 0.3) is 0 Å². The summed E-state index contributed by atoms with van der Waals surface area (Å²) in [7, 11) is 0. The second kappa shape index (κ2) is 8.92. The summed E-state index contributed by atoms with van der Waals surface area (Å²) in [5.41, 5.74) is 0.361. The van der Waals surface area contributed by atoms with E-state index in [2.05, 4.69) is 0 Å². The lowest BCUT2D eigenvalue weighted by molar-refractivity contribution is -0.0115. The van der Waals surface area contributed by atoms with Gasteiger partial charge in [0.05, 0.1) is 31.6 Å². The number of nitrogens with zero attached hydrogens (tertiary/aromatic N) is 1. The van der Waals surface area contributed by atoms with Crippen LogP contribution in [0.25, 0.3) is 0 Å². The Morgan fingerprint density at radius 2 is 2.00 bits per heavy atom. The van der Waals surface area contributed by atoms with Crippen molar-refractivity contribution in [2.45, 2.75) is 39.1 Å². The van der Waals surface area contributed by atoms with Crippen molar-refractivity contribution in [1.29, 1.82) is 0 Å². The summed E-state index contributed by atoms with van der Waals surface area (Å²) in [5.74, 6) is -0.513. The lowest BCUT2D eigenvalue weighted by atomic mass is 10.1. The van der Waals surface area contributed by atoms with Crippen LogP contribution >= 0.6 is 0 Å². The third kappa shape index (κ3) is 6.03. The molecule has 0 aliphatic rings. The standard InChI is InChI=1S/C18H23F2NO3/c1-13(2)24-12-16(22)10-21(11-17-4-3-7-23-17)9-14-5-6-15(19)8-18(14)20/h3-8,13,16,22H,9-12H2,1-2H3/t16-/m1/s1. The maximum absolute atomic E-state index is 13.9. The minimum atomic E-state index is -0.717. The zero-order chi connectivity index (χ0) is 17.5. The summed E-state index contributed by atoms with van der Waals surface area (Å²) in [6.45, 7) is 4.89. The number of hydrogen-bond donors (Lipinski definition) is 1. The van der Waals surface area contributed by atoms with E-state index in [1.807, 2.05) is 24.8 Å². The average Bonchev–Trinajstić information content (AvgIpc) is 3.01. The number of benzene rings is 1. The van der Waals surface area contributed by atoms with E-state index in [0.717, 1.165) is 6.07 Å². The molecule has 1 aromatic carbocycles. The Bertz CT molecular complexity index is 617. The highest BCUT2D eigenvalue weighted by molar-refractivity contribution is 5.18.